The number of aromatic nitrogens is 1. The average Bonchev–Trinajstić information content (AvgIpc) is 2.33. The van der Waals surface area contributed by atoms with Gasteiger partial charge in [-0.1, -0.05) is 26.2 Å². The van der Waals surface area contributed by atoms with Crippen LogP contribution in [0.3, 0.4) is 0 Å². The molecule has 0 aromatic carbocycles. The van der Waals surface area contributed by atoms with Crippen LogP contribution in [0, 0.1) is 5.41 Å². The Bertz CT molecular complexity index is 396. The van der Waals surface area contributed by atoms with E-state index in [-0.39, 0.29) is 11.3 Å². The summed E-state index contributed by atoms with van der Waals surface area (Å²) in [7, 11) is 0. The predicted molar refractivity (Wildman–Crippen MR) is 71.8 cm³/mol. The molecule has 3 nitrogen and oxygen atoms in total. The lowest BCUT2D eigenvalue weighted by molar-refractivity contribution is -0.126. The number of carbonyl (C=O) groups is 1. The van der Waals surface area contributed by atoms with Crippen molar-refractivity contribution in [2.24, 2.45) is 5.41 Å². The van der Waals surface area contributed by atoms with E-state index in [2.05, 4.69) is 33.2 Å². The fourth-order valence-corrected chi connectivity index (χ4v) is 2.51. The molecule has 0 spiro atoms. The molecule has 1 aromatic rings. The van der Waals surface area contributed by atoms with Gasteiger partial charge in [-0.2, -0.15) is 0 Å². The highest BCUT2D eigenvalue weighted by Gasteiger charge is 2.34. The molecule has 1 fully saturated rings. The molecule has 1 aromatic heterocycles. The molecule has 0 radical (unpaired) electrons. The number of carbonyl (C=O) groups excluding carboxylic acids is 1. The van der Waals surface area contributed by atoms with Crippen LogP contribution in [-0.4, -0.2) is 10.9 Å². The molecule has 2 rings (SSSR count). The normalized spacial score (nSPS) is 18.7. The van der Waals surface area contributed by atoms with Gasteiger partial charge in [0.05, 0.1) is 0 Å². The minimum atomic E-state index is -0.215. The molecular formula is C13H17BrN2O. The lowest BCUT2D eigenvalue weighted by Crippen LogP contribution is -2.35. The summed E-state index contributed by atoms with van der Waals surface area (Å²) in [5.41, 5.74) is -0.215. The second kappa shape index (κ2) is 5.17. The number of halogens is 1. The summed E-state index contributed by atoms with van der Waals surface area (Å²) in [4.78, 5) is 16.4. The van der Waals surface area contributed by atoms with Crippen molar-refractivity contribution in [3.8, 4) is 0 Å². The van der Waals surface area contributed by atoms with Crippen molar-refractivity contribution >= 4 is 27.7 Å². The molecule has 1 aliphatic carbocycles. The smallest absolute Gasteiger partial charge is 0.231 e. The quantitative estimate of drug-likeness (QED) is 0.903. The third-order valence-electron chi connectivity index (χ3n) is 3.47. The molecule has 0 saturated heterocycles. The fourth-order valence-electron chi connectivity index (χ4n) is 2.28. The van der Waals surface area contributed by atoms with Crippen LogP contribution in [0.4, 0.5) is 5.82 Å². The standard InChI is InChI=1S/C13H17BrN2O/c1-13(7-3-2-4-8-13)12(17)16-11-6-5-10(14)9-15-11/h5-6,9H,2-4,7-8H2,1H3,(H,15,16,17). The molecule has 0 unspecified atom stereocenters. The molecule has 0 aliphatic heterocycles. The number of hydrogen-bond donors (Lipinski definition) is 1. The molecule has 0 atom stereocenters. The van der Waals surface area contributed by atoms with Gasteiger partial charge in [-0.3, -0.25) is 4.79 Å². The van der Waals surface area contributed by atoms with Gasteiger partial charge in [0.25, 0.3) is 0 Å². The van der Waals surface area contributed by atoms with Gasteiger partial charge in [0.2, 0.25) is 5.91 Å². The molecule has 1 amide bonds. The summed E-state index contributed by atoms with van der Waals surface area (Å²) in [6.45, 7) is 2.06. The van der Waals surface area contributed by atoms with Crippen LogP contribution in [0.25, 0.3) is 0 Å². The third-order valence-corrected chi connectivity index (χ3v) is 3.94. The van der Waals surface area contributed by atoms with Gasteiger partial charge in [-0.05, 0) is 40.9 Å². The summed E-state index contributed by atoms with van der Waals surface area (Å²) >= 11 is 3.32. The van der Waals surface area contributed by atoms with Crippen molar-refractivity contribution in [2.75, 3.05) is 5.32 Å². The van der Waals surface area contributed by atoms with E-state index in [1.54, 1.807) is 6.20 Å². The average molecular weight is 297 g/mol. The van der Waals surface area contributed by atoms with Crippen LogP contribution >= 0.6 is 15.9 Å². The highest BCUT2D eigenvalue weighted by Crippen LogP contribution is 2.36. The van der Waals surface area contributed by atoms with Crippen LogP contribution in [0.15, 0.2) is 22.8 Å². The van der Waals surface area contributed by atoms with Gasteiger partial charge in [-0.25, -0.2) is 4.98 Å². The minimum absolute atomic E-state index is 0.104. The Hall–Kier alpha value is -0.900. The van der Waals surface area contributed by atoms with Crippen LogP contribution in [0.5, 0.6) is 0 Å². The second-order valence-corrected chi connectivity index (χ2v) is 5.85. The zero-order chi connectivity index (χ0) is 12.3. The summed E-state index contributed by atoms with van der Waals surface area (Å²) in [6.07, 6.45) is 7.21. The van der Waals surface area contributed by atoms with E-state index in [1.807, 2.05) is 12.1 Å². The minimum Gasteiger partial charge on any atom is -0.310 e. The molecule has 17 heavy (non-hydrogen) atoms. The highest BCUT2D eigenvalue weighted by molar-refractivity contribution is 9.10. The van der Waals surface area contributed by atoms with Crippen LogP contribution in [0.2, 0.25) is 0 Å². The summed E-state index contributed by atoms with van der Waals surface area (Å²) in [5, 5.41) is 2.91. The number of anilines is 1. The summed E-state index contributed by atoms with van der Waals surface area (Å²) in [5.74, 6) is 0.733. The lowest BCUT2D eigenvalue weighted by Gasteiger charge is -2.31. The number of amides is 1. The maximum atomic E-state index is 12.2. The van der Waals surface area contributed by atoms with Crippen molar-refractivity contribution in [3.05, 3.63) is 22.8 Å². The number of nitrogens with zero attached hydrogens (tertiary/aromatic N) is 1. The van der Waals surface area contributed by atoms with Gasteiger partial charge in [0, 0.05) is 16.1 Å². The Morgan fingerprint density at radius 1 is 1.35 bits per heavy atom. The van der Waals surface area contributed by atoms with E-state index >= 15 is 0 Å². The molecule has 1 heterocycles. The molecule has 4 heteroatoms. The first-order valence-electron chi connectivity index (χ1n) is 6.03. The maximum Gasteiger partial charge on any atom is 0.231 e. The fraction of sp³-hybridized carbons (Fsp3) is 0.538. The van der Waals surface area contributed by atoms with Crippen molar-refractivity contribution in [1.82, 2.24) is 4.98 Å². The largest absolute Gasteiger partial charge is 0.310 e. The van der Waals surface area contributed by atoms with Crippen LogP contribution < -0.4 is 5.32 Å². The van der Waals surface area contributed by atoms with Gasteiger partial charge < -0.3 is 5.32 Å². The van der Waals surface area contributed by atoms with Gasteiger partial charge in [-0.15, -0.1) is 0 Å². The van der Waals surface area contributed by atoms with E-state index < -0.39 is 0 Å². The second-order valence-electron chi connectivity index (χ2n) is 4.94. The Morgan fingerprint density at radius 2 is 2.06 bits per heavy atom. The predicted octanol–water partition coefficient (Wildman–Crippen LogP) is 3.75. The summed E-state index contributed by atoms with van der Waals surface area (Å²) in [6, 6.07) is 3.69. The molecule has 1 N–H and O–H groups in total. The van der Waals surface area contributed by atoms with E-state index in [4.69, 9.17) is 0 Å². The van der Waals surface area contributed by atoms with Crippen molar-refractivity contribution in [1.29, 1.82) is 0 Å². The van der Waals surface area contributed by atoms with Gasteiger partial charge in [0.1, 0.15) is 5.82 Å². The van der Waals surface area contributed by atoms with Crippen LogP contribution in [0.1, 0.15) is 39.0 Å². The molecule has 92 valence electrons. The number of nitrogens with one attached hydrogen (secondary N) is 1. The van der Waals surface area contributed by atoms with Gasteiger partial charge >= 0.3 is 0 Å². The molecule has 1 aliphatic rings. The SMILES string of the molecule is CC1(C(=O)Nc2ccc(Br)cn2)CCCCC1. The first-order chi connectivity index (χ1) is 8.10. The first kappa shape index (κ1) is 12.6. The van der Waals surface area contributed by atoms with Crippen LogP contribution in [-0.2, 0) is 4.79 Å². The monoisotopic (exact) mass is 296 g/mol. The Kier molecular flexibility index (Phi) is 3.82. The number of hydrogen-bond acceptors (Lipinski definition) is 2. The highest BCUT2D eigenvalue weighted by atomic mass is 79.9. The molecular weight excluding hydrogens is 280 g/mol. The van der Waals surface area contributed by atoms with Crippen molar-refractivity contribution < 1.29 is 4.79 Å². The zero-order valence-electron chi connectivity index (χ0n) is 10.0. The van der Waals surface area contributed by atoms with Crippen molar-refractivity contribution in [3.63, 3.8) is 0 Å². The maximum absolute atomic E-state index is 12.2. The number of pyridine rings is 1. The molecule has 0 bridgehead atoms. The Labute approximate surface area is 110 Å². The third kappa shape index (κ3) is 3.06. The Morgan fingerprint density at radius 3 is 2.65 bits per heavy atom. The molecule has 1 saturated carbocycles. The zero-order valence-corrected chi connectivity index (χ0v) is 11.6. The Balaban J connectivity index is 2.03. The van der Waals surface area contributed by atoms with Gasteiger partial charge in [0.15, 0.2) is 0 Å². The van der Waals surface area contributed by atoms with E-state index in [0.29, 0.717) is 5.82 Å². The first-order valence-corrected chi connectivity index (χ1v) is 6.82. The summed E-state index contributed by atoms with van der Waals surface area (Å²) < 4.78 is 0.916. The van der Waals surface area contributed by atoms with E-state index in [0.717, 1.165) is 30.2 Å². The lowest BCUT2D eigenvalue weighted by atomic mass is 9.75. The van der Waals surface area contributed by atoms with E-state index in [1.165, 1.54) is 6.42 Å². The van der Waals surface area contributed by atoms with Crippen molar-refractivity contribution in [2.45, 2.75) is 39.0 Å². The topological polar surface area (TPSA) is 42.0 Å². The number of rotatable bonds is 2. The van der Waals surface area contributed by atoms with E-state index in [9.17, 15) is 4.79 Å².